The lowest BCUT2D eigenvalue weighted by Gasteiger charge is -2.09. The van der Waals surface area contributed by atoms with Gasteiger partial charge < -0.3 is 4.74 Å². The minimum absolute atomic E-state index is 0.122. The summed E-state index contributed by atoms with van der Waals surface area (Å²) >= 11 is 11.9. The van der Waals surface area contributed by atoms with E-state index in [1.54, 1.807) is 0 Å². The highest BCUT2D eigenvalue weighted by Crippen LogP contribution is 2.32. The van der Waals surface area contributed by atoms with E-state index in [1.807, 2.05) is 19.1 Å². The van der Waals surface area contributed by atoms with Crippen molar-refractivity contribution in [3.8, 4) is 5.75 Å². The third-order valence-corrected chi connectivity index (χ3v) is 2.68. The average molecular weight is 342 g/mol. The van der Waals surface area contributed by atoms with Gasteiger partial charge in [0, 0.05) is 4.47 Å². The fourth-order valence-electron chi connectivity index (χ4n) is 1.00. The Labute approximate surface area is 104 Å². The molecule has 0 spiro atoms. The minimum atomic E-state index is -0.515. The first-order valence-electron chi connectivity index (χ1n) is 3.77. The van der Waals surface area contributed by atoms with Gasteiger partial charge in [0.1, 0.15) is 5.75 Å². The molecule has 0 atom stereocenters. The molecule has 1 rings (SSSR count). The Morgan fingerprint density at radius 3 is 2.64 bits per heavy atom. The van der Waals surface area contributed by atoms with E-state index in [0.29, 0.717) is 5.75 Å². The van der Waals surface area contributed by atoms with E-state index in [1.165, 1.54) is 0 Å². The molecule has 0 aliphatic rings. The van der Waals surface area contributed by atoms with Gasteiger partial charge in [0.2, 0.25) is 0 Å². The Kier molecular flexibility index (Phi) is 4.41. The summed E-state index contributed by atoms with van der Waals surface area (Å²) in [6.45, 7) is 1.77. The number of ether oxygens (including phenoxy) is 1. The smallest absolute Gasteiger partial charge is 0.259 e. The zero-order valence-corrected chi connectivity index (χ0v) is 11.2. The van der Waals surface area contributed by atoms with Crippen LogP contribution in [0.3, 0.4) is 0 Å². The molecule has 1 aromatic carbocycles. The Balaban J connectivity index is 2.91. The summed E-state index contributed by atoms with van der Waals surface area (Å²) < 4.78 is 6.98. The van der Waals surface area contributed by atoms with Crippen LogP contribution in [0.25, 0.3) is 0 Å². The van der Waals surface area contributed by atoms with E-state index in [2.05, 4.69) is 31.9 Å². The summed E-state index contributed by atoms with van der Waals surface area (Å²) in [6.07, 6.45) is 0. The minimum Gasteiger partial charge on any atom is -0.483 e. The molecule has 0 bridgehead atoms. The van der Waals surface area contributed by atoms with E-state index in [-0.39, 0.29) is 6.61 Å². The van der Waals surface area contributed by atoms with Gasteiger partial charge in [-0.15, -0.1) is 0 Å². The van der Waals surface area contributed by atoms with Crippen molar-refractivity contribution in [3.05, 3.63) is 26.6 Å². The van der Waals surface area contributed by atoms with Gasteiger partial charge in [-0.3, -0.25) is 4.79 Å². The van der Waals surface area contributed by atoms with Gasteiger partial charge in [0.05, 0.1) is 4.47 Å². The lowest BCUT2D eigenvalue weighted by Crippen LogP contribution is -2.05. The first-order valence-corrected chi connectivity index (χ1v) is 5.74. The number of benzene rings is 1. The highest BCUT2D eigenvalue weighted by Gasteiger charge is 2.08. The zero-order chi connectivity index (χ0) is 10.7. The Morgan fingerprint density at radius 2 is 2.14 bits per heavy atom. The maximum Gasteiger partial charge on any atom is 0.259 e. The highest BCUT2D eigenvalue weighted by molar-refractivity contribution is 9.11. The van der Waals surface area contributed by atoms with E-state index in [9.17, 15) is 4.79 Å². The lowest BCUT2D eigenvalue weighted by atomic mass is 10.2. The van der Waals surface area contributed by atoms with Gasteiger partial charge in [-0.25, -0.2) is 0 Å². The molecule has 0 amide bonds. The van der Waals surface area contributed by atoms with E-state index in [0.717, 1.165) is 14.5 Å². The summed E-state index contributed by atoms with van der Waals surface area (Å²) in [5.41, 5.74) is 0.934. The van der Waals surface area contributed by atoms with Crippen molar-refractivity contribution in [1.29, 1.82) is 0 Å². The van der Waals surface area contributed by atoms with Crippen LogP contribution >= 0.6 is 43.5 Å². The van der Waals surface area contributed by atoms with E-state index < -0.39 is 5.24 Å². The summed E-state index contributed by atoms with van der Waals surface area (Å²) in [4.78, 5) is 10.5. The summed E-state index contributed by atoms with van der Waals surface area (Å²) in [7, 11) is 0. The van der Waals surface area contributed by atoms with Crippen LogP contribution in [0.1, 0.15) is 5.56 Å². The monoisotopic (exact) mass is 340 g/mol. The van der Waals surface area contributed by atoms with Crippen LogP contribution in [0.5, 0.6) is 5.75 Å². The Hall–Kier alpha value is -0.0600. The van der Waals surface area contributed by atoms with Gasteiger partial charge in [0.15, 0.2) is 6.61 Å². The van der Waals surface area contributed by atoms with Crippen LogP contribution in [-0.4, -0.2) is 11.8 Å². The predicted octanol–water partition coefficient (Wildman–Crippen LogP) is 3.66. The summed E-state index contributed by atoms with van der Waals surface area (Å²) in [5, 5.41) is -0.515. The van der Waals surface area contributed by atoms with Crippen LogP contribution in [0.2, 0.25) is 0 Å². The van der Waals surface area contributed by atoms with Crippen LogP contribution in [-0.2, 0) is 4.79 Å². The summed E-state index contributed by atoms with van der Waals surface area (Å²) in [6, 6.07) is 3.75. The molecular weight excluding hydrogens is 335 g/mol. The van der Waals surface area contributed by atoms with Crippen molar-refractivity contribution in [3.63, 3.8) is 0 Å². The molecule has 0 aromatic heterocycles. The molecule has 0 unspecified atom stereocenters. The van der Waals surface area contributed by atoms with Crippen LogP contribution in [0.15, 0.2) is 21.1 Å². The van der Waals surface area contributed by atoms with Crippen molar-refractivity contribution >= 4 is 48.7 Å². The molecule has 0 saturated heterocycles. The maximum absolute atomic E-state index is 10.5. The van der Waals surface area contributed by atoms with Crippen LogP contribution in [0.4, 0.5) is 0 Å². The van der Waals surface area contributed by atoms with Crippen molar-refractivity contribution < 1.29 is 9.53 Å². The highest BCUT2D eigenvalue weighted by atomic mass is 79.9. The van der Waals surface area contributed by atoms with Gasteiger partial charge in [-0.05, 0) is 52.2 Å². The predicted molar refractivity (Wildman–Crippen MR) is 62.9 cm³/mol. The Bertz CT molecular complexity index is 343. The molecule has 0 heterocycles. The lowest BCUT2D eigenvalue weighted by molar-refractivity contribution is -0.113. The zero-order valence-electron chi connectivity index (χ0n) is 7.31. The molecule has 0 aliphatic carbocycles. The molecule has 2 nitrogen and oxygen atoms in total. The topological polar surface area (TPSA) is 26.3 Å². The molecule has 0 radical (unpaired) electrons. The van der Waals surface area contributed by atoms with Gasteiger partial charge in [0.25, 0.3) is 5.24 Å². The van der Waals surface area contributed by atoms with Gasteiger partial charge >= 0.3 is 0 Å². The normalized spacial score (nSPS) is 10.0. The number of carbonyl (C=O) groups is 1. The average Bonchev–Trinajstić information content (AvgIpc) is 2.01. The van der Waals surface area contributed by atoms with Crippen LogP contribution < -0.4 is 4.74 Å². The third kappa shape index (κ3) is 3.26. The number of hydrogen-bond acceptors (Lipinski definition) is 2. The fraction of sp³-hybridized carbons (Fsp3) is 0.222. The van der Waals surface area contributed by atoms with Crippen molar-refractivity contribution in [1.82, 2.24) is 0 Å². The number of aryl methyl sites for hydroxylation is 1. The third-order valence-electron chi connectivity index (χ3n) is 1.52. The van der Waals surface area contributed by atoms with E-state index >= 15 is 0 Å². The maximum atomic E-state index is 10.5. The molecule has 0 saturated carbocycles. The van der Waals surface area contributed by atoms with Crippen molar-refractivity contribution in [2.75, 3.05) is 6.61 Å². The number of halogens is 3. The SMILES string of the molecule is Cc1cc(Br)cc(Br)c1OCC(=O)Cl. The second-order valence-electron chi connectivity index (χ2n) is 2.68. The summed E-state index contributed by atoms with van der Waals surface area (Å²) in [5.74, 6) is 0.641. The standard InChI is InChI=1S/C9H7Br2ClO2/c1-5-2-6(10)3-7(11)9(5)14-4-8(12)13/h2-3H,4H2,1H3. The second-order valence-corrected chi connectivity index (χ2v) is 4.87. The quantitative estimate of drug-likeness (QED) is 0.784. The van der Waals surface area contributed by atoms with E-state index in [4.69, 9.17) is 16.3 Å². The first kappa shape index (κ1) is 12.0. The fourth-order valence-corrected chi connectivity index (χ4v) is 2.61. The number of hydrogen-bond donors (Lipinski definition) is 0. The van der Waals surface area contributed by atoms with Crippen molar-refractivity contribution in [2.45, 2.75) is 6.92 Å². The Morgan fingerprint density at radius 1 is 1.50 bits per heavy atom. The second kappa shape index (κ2) is 5.14. The van der Waals surface area contributed by atoms with Crippen LogP contribution in [0, 0.1) is 6.92 Å². The van der Waals surface area contributed by atoms with Gasteiger partial charge in [-0.2, -0.15) is 0 Å². The molecule has 14 heavy (non-hydrogen) atoms. The first-order chi connectivity index (χ1) is 6.50. The molecule has 1 aromatic rings. The molecular formula is C9H7Br2ClO2. The van der Waals surface area contributed by atoms with Gasteiger partial charge in [-0.1, -0.05) is 15.9 Å². The van der Waals surface area contributed by atoms with Crippen molar-refractivity contribution in [2.24, 2.45) is 0 Å². The number of carbonyl (C=O) groups excluding carboxylic acids is 1. The molecule has 0 N–H and O–H groups in total. The largest absolute Gasteiger partial charge is 0.483 e. The molecule has 0 fully saturated rings. The molecule has 5 heteroatoms. The molecule has 0 aliphatic heterocycles. The number of rotatable bonds is 3. The molecule has 76 valence electrons.